The van der Waals surface area contributed by atoms with E-state index in [2.05, 4.69) is 20.4 Å². The number of nitrogens with zero attached hydrogens (tertiary/aromatic N) is 3. The lowest BCUT2D eigenvalue weighted by molar-refractivity contribution is -0.0928. The van der Waals surface area contributed by atoms with E-state index >= 15 is 0 Å². The molecule has 1 aromatic heterocycles. The Bertz CT molecular complexity index is 1060. The molecule has 2 heterocycles. The molecule has 4 rings (SSSR count). The van der Waals surface area contributed by atoms with Crippen LogP contribution in [0.4, 0.5) is 24.5 Å². The number of allylic oxidation sites excluding steroid dienone is 2. The van der Waals surface area contributed by atoms with Crippen LogP contribution in [0.3, 0.4) is 0 Å². The van der Waals surface area contributed by atoms with Gasteiger partial charge in [0, 0.05) is 43.4 Å². The first kappa shape index (κ1) is 24.3. The summed E-state index contributed by atoms with van der Waals surface area (Å²) in [7, 11) is 0. The first-order chi connectivity index (χ1) is 16.4. The third-order valence-corrected chi connectivity index (χ3v) is 6.81. The van der Waals surface area contributed by atoms with Gasteiger partial charge in [-0.2, -0.15) is 18.3 Å². The minimum absolute atomic E-state index is 0.217. The van der Waals surface area contributed by atoms with Crippen molar-refractivity contribution in [2.45, 2.75) is 51.1 Å². The third kappa shape index (κ3) is 5.60. The number of aromatic amines is 1. The number of nitrogens with one attached hydrogen (secondary N) is 3. The lowest BCUT2D eigenvalue weighted by Gasteiger charge is -2.30. The predicted molar refractivity (Wildman–Crippen MR) is 130 cm³/mol. The van der Waals surface area contributed by atoms with Gasteiger partial charge in [-0.25, -0.2) is 0 Å². The molecule has 0 bridgehead atoms. The van der Waals surface area contributed by atoms with Crippen molar-refractivity contribution in [3.05, 3.63) is 29.6 Å². The van der Waals surface area contributed by atoms with Gasteiger partial charge in [0.1, 0.15) is 5.70 Å². The number of anilines is 1. The van der Waals surface area contributed by atoms with Crippen LogP contribution in [-0.2, 0) is 0 Å². The van der Waals surface area contributed by atoms with Crippen molar-refractivity contribution in [1.29, 1.82) is 5.41 Å². The number of aromatic nitrogens is 2. The Morgan fingerprint density at radius 1 is 1.21 bits per heavy atom. The van der Waals surface area contributed by atoms with Crippen molar-refractivity contribution in [1.82, 2.24) is 15.5 Å². The fraction of sp³-hybridized carbons (Fsp3) is 0.542. The molecule has 1 saturated heterocycles. The van der Waals surface area contributed by atoms with Gasteiger partial charge < -0.3 is 21.4 Å². The van der Waals surface area contributed by atoms with Crippen LogP contribution in [-0.4, -0.2) is 54.5 Å². The number of nitrogens with two attached hydrogens (primary N) is 1. The van der Waals surface area contributed by atoms with E-state index in [1.165, 1.54) is 6.42 Å². The number of H-pyrrole nitrogens is 1. The summed E-state index contributed by atoms with van der Waals surface area (Å²) in [6.07, 6.45) is 4.40. The number of rotatable bonds is 7. The molecular weight excluding hydrogens is 443 g/mol. The number of aliphatic imine (C=N–C) groups is 1. The molecule has 0 spiro atoms. The van der Waals surface area contributed by atoms with Crippen molar-refractivity contribution in [2.75, 3.05) is 31.1 Å². The van der Waals surface area contributed by atoms with Crippen LogP contribution >= 0.6 is 0 Å². The Hall–Kier alpha value is -2.88. The molecule has 2 aromatic rings. The maximum atomic E-state index is 13.5. The summed E-state index contributed by atoms with van der Waals surface area (Å²) in [5.74, 6) is 0.460. The van der Waals surface area contributed by atoms with Crippen LogP contribution in [0.15, 0.2) is 34.6 Å². The monoisotopic (exact) mass is 475 g/mol. The Morgan fingerprint density at radius 3 is 2.62 bits per heavy atom. The van der Waals surface area contributed by atoms with E-state index in [1.54, 1.807) is 6.20 Å². The molecular formula is C24H32F3N7. The lowest BCUT2D eigenvalue weighted by atomic mass is 9.85. The van der Waals surface area contributed by atoms with Crippen LogP contribution in [0.25, 0.3) is 10.9 Å². The molecule has 7 nitrogen and oxygen atoms in total. The molecule has 34 heavy (non-hydrogen) atoms. The molecule has 5 N–H and O–H groups in total. The van der Waals surface area contributed by atoms with Gasteiger partial charge in [0.25, 0.3) is 0 Å². The highest BCUT2D eigenvalue weighted by Crippen LogP contribution is 2.36. The van der Waals surface area contributed by atoms with E-state index < -0.39 is 11.9 Å². The molecule has 10 heteroatoms. The molecule has 2 fully saturated rings. The molecule has 0 unspecified atom stereocenters. The SMILES string of the molecule is N=CC(C(CCC1CCCCC1)=Nc1cc2cn[nH]c2cc1N1CCNCC1)=C(N)C(F)(F)F. The van der Waals surface area contributed by atoms with Crippen molar-refractivity contribution in [3.8, 4) is 0 Å². The molecule has 184 valence electrons. The first-order valence-corrected chi connectivity index (χ1v) is 11.9. The quantitative estimate of drug-likeness (QED) is 0.430. The molecule has 0 amide bonds. The second-order valence-corrected chi connectivity index (χ2v) is 9.11. The summed E-state index contributed by atoms with van der Waals surface area (Å²) in [5, 5.41) is 19.0. The highest BCUT2D eigenvalue weighted by molar-refractivity contribution is 6.17. The lowest BCUT2D eigenvalue weighted by Crippen LogP contribution is -2.43. The van der Waals surface area contributed by atoms with Crippen LogP contribution in [0.1, 0.15) is 44.9 Å². The van der Waals surface area contributed by atoms with Gasteiger partial charge in [-0.15, -0.1) is 0 Å². The van der Waals surface area contributed by atoms with Gasteiger partial charge in [-0.3, -0.25) is 10.1 Å². The van der Waals surface area contributed by atoms with E-state index in [0.29, 0.717) is 24.2 Å². The van der Waals surface area contributed by atoms with Crippen molar-refractivity contribution < 1.29 is 13.2 Å². The van der Waals surface area contributed by atoms with E-state index in [-0.39, 0.29) is 11.3 Å². The molecule has 1 aliphatic heterocycles. The second kappa shape index (κ2) is 10.6. The zero-order chi connectivity index (χ0) is 24.1. The summed E-state index contributed by atoms with van der Waals surface area (Å²) < 4.78 is 40.6. The highest BCUT2D eigenvalue weighted by Gasteiger charge is 2.35. The number of benzene rings is 1. The van der Waals surface area contributed by atoms with Crippen LogP contribution in [0, 0.1) is 11.3 Å². The number of piperazine rings is 1. The zero-order valence-corrected chi connectivity index (χ0v) is 19.2. The maximum absolute atomic E-state index is 13.5. The van der Waals surface area contributed by atoms with Crippen molar-refractivity contribution in [2.24, 2.45) is 16.6 Å². The number of hydrogen-bond donors (Lipinski definition) is 4. The molecule has 1 saturated carbocycles. The van der Waals surface area contributed by atoms with Crippen LogP contribution < -0.4 is 16.0 Å². The summed E-state index contributed by atoms with van der Waals surface area (Å²) in [6.45, 7) is 3.14. The van der Waals surface area contributed by atoms with E-state index in [0.717, 1.165) is 74.9 Å². The number of halogens is 3. The van der Waals surface area contributed by atoms with E-state index in [9.17, 15) is 13.2 Å². The smallest absolute Gasteiger partial charge is 0.394 e. The average molecular weight is 476 g/mol. The van der Waals surface area contributed by atoms with Gasteiger partial charge in [-0.05, 0) is 30.9 Å². The Kier molecular flexibility index (Phi) is 7.55. The zero-order valence-electron chi connectivity index (χ0n) is 19.2. The number of fused-ring (bicyclic) bond motifs is 1. The van der Waals surface area contributed by atoms with Gasteiger partial charge in [0.05, 0.1) is 28.8 Å². The molecule has 1 aliphatic carbocycles. The van der Waals surface area contributed by atoms with Gasteiger partial charge >= 0.3 is 6.18 Å². The fourth-order valence-electron chi connectivity index (χ4n) is 4.90. The van der Waals surface area contributed by atoms with Gasteiger partial charge in [-0.1, -0.05) is 32.1 Å². The standard InChI is InChI=1S/C24H32F3N7/c25-24(26,27)23(29)18(14-28)19(7-6-16-4-2-1-3-5-16)32-21-12-17-15-31-33-20(17)13-22(21)34-10-8-30-9-11-34/h12-16,28,30H,1-11,29H2,(H,31,33). The topological polar surface area (TPSA) is 106 Å². The fourth-order valence-corrected chi connectivity index (χ4v) is 4.90. The second-order valence-electron chi connectivity index (χ2n) is 9.11. The maximum Gasteiger partial charge on any atom is 0.431 e. The minimum atomic E-state index is -4.73. The first-order valence-electron chi connectivity index (χ1n) is 11.9. The summed E-state index contributed by atoms with van der Waals surface area (Å²) in [5.41, 5.74) is 6.37. The normalized spacial score (nSPS) is 19.4. The summed E-state index contributed by atoms with van der Waals surface area (Å²) in [6, 6.07) is 3.80. The average Bonchev–Trinajstić information content (AvgIpc) is 3.30. The molecule has 2 aliphatic rings. The Morgan fingerprint density at radius 2 is 1.94 bits per heavy atom. The summed E-state index contributed by atoms with van der Waals surface area (Å²) >= 11 is 0. The number of alkyl halides is 3. The largest absolute Gasteiger partial charge is 0.431 e. The van der Waals surface area contributed by atoms with E-state index in [1.807, 2.05) is 12.1 Å². The van der Waals surface area contributed by atoms with E-state index in [4.69, 9.17) is 16.1 Å². The molecule has 0 atom stereocenters. The Balaban J connectivity index is 1.78. The van der Waals surface area contributed by atoms with Gasteiger partial charge in [0.15, 0.2) is 0 Å². The van der Waals surface area contributed by atoms with Crippen molar-refractivity contribution in [3.63, 3.8) is 0 Å². The van der Waals surface area contributed by atoms with Crippen LogP contribution in [0.2, 0.25) is 0 Å². The molecule has 0 radical (unpaired) electrons. The van der Waals surface area contributed by atoms with Crippen molar-refractivity contribution >= 4 is 34.2 Å². The highest BCUT2D eigenvalue weighted by atomic mass is 19.4. The van der Waals surface area contributed by atoms with Crippen LogP contribution in [0.5, 0.6) is 0 Å². The van der Waals surface area contributed by atoms with Gasteiger partial charge in [0.2, 0.25) is 0 Å². The number of hydrogen-bond acceptors (Lipinski definition) is 6. The summed E-state index contributed by atoms with van der Waals surface area (Å²) in [4.78, 5) is 6.95. The third-order valence-electron chi connectivity index (χ3n) is 6.81. The minimum Gasteiger partial charge on any atom is -0.394 e. The predicted octanol–water partition coefficient (Wildman–Crippen LogP) is 4.83. The Labute approximate surface area is 197 Å². The molecule has 1 aromatic carbocycles.